The van der Waals surface area contributed by atoms with E-state index in [4.69, 9.17) is 5.73 Å². The predicted molar refractivity (Wildman–Crippen MR) is 74.8 cm³/mol. The third-order valence-corrected chi connectivity index (χ3v) is 3.57. The summed E-state index contributed by atoms with van der Waals surface area (Å²) >= 11 is 3.05. The fraction of sp³-hybridized carbons (Fsp3) is 0.167. The summed E-state index contributed by atoms with van der Waals surface area (Å²) in [5, 5.41) is 2.36. The highest BCUT2D eigenvalue weighted by Crippen LogP contribution is 2.37. The van der Waals surface area contributed by atoms with Crippen molar-refractivity contribution in [3.63, 3.8) is 0 Å². The van der Waals surface area contributed by atoms with Crippen LogP contribution in [0.5, 0.6) is 0 Å². The molecule has 1 amide bonds. The van der Waals surface area contributed by atoms with E-state index in [0.29, 0.717) is 0 Å². The minimum atomic E-state index is -4.51. The number of hydrogen-bond acceptors (Lipinski definition) is 3. The number of nitrogen functional groups attached to an aromatic ring is 1. The van der Waals surface area contributed by atoms with Gasteiger partial charge in [-0.25, -0.2) is 4.98 Å². The molecule has 0 saturated heterocycles. The van der Waals surface area contributed by atoms with Gasteiger partial charge < -0.3 is 16.0 Å². The number of aromatic amines is 1. The van der Waals surface area contributed by atoms with Crippen LogP contribution in [-0.4, -0.2) is 15.9 Å². The number of carbonyl (C=O) groups excluding carboxylic acids is 1. The normalized spacial score (nSPS) is 11.5. The SMILES string of the molecule is Cc1c(Br)cc(NC(=O)c2cnc(N)[nH]2)cc1C(F)(F)F. The first kappa shape index (κ1) is 15.4. The zero-order chi connectivity index (χ0) is 15.8. The Morgan fingerprint density at radius 1 is 1.43 bits per heavy atom. The first-order valence-corrected chi connectivity index (χ1v) is 6.47. The van der Waals surface area contributed by atoms with E-state index in [9.17, 15) is 18.0 Å². The lowest BCUT2D eigenvalue weighted by Gasteiger charge is -2.14. The average Bonchev–Trinajstić information content (AvgIpc) is 2.79. The second-order valence-corrected chi connectivity index (χ2v) is 5.12. The van der Waals surface area contributed by atoms with Gasteiger partial charge in [0.2, 0.25) is 0 Å². The van der Waals surface area contributed by atoms with Gasteiger partial charge in [-0.1, -0.05) is 15.9 Å². The molecule has 2 rings (SSSR count). The lowest BCUT2D eigenvalue weighted by atomic mass is 10.1. The van der Waals surface area contributed by atoms with Crippen molar-refractivity contribution in [1.82, 2.24) is 9.97 Å². The second kappa shape index (κ2) is 5.40. The number of carbonyl (C=O) groups is 1. The van der Waals surface area contributed by atoms with Gasteiger partial charge in [-0.05, 0) is 24.6 Å². The van der Waals surface area contributed by atoms with Gasteiger partial charge in [-0.15, -0.1) is 0 Å². The molecule has 0 unspecified atom stereocenters. The van der Waals surface area contributed by atoms with E-state index in [1.54, 1.807) is 0 Å². The Labute approximate surface area is 125 Å². The van der Waals surface area contributed by atoms with E-state index in [1.807, 2.05) is 0 Å². The van der Waals surface area contributed by atoms with Crippen molar-refractivity contribution in [3.8, 4) is 0 Å². The lowest BCUT2D eigenvalue weighted by molar-refractivity contribution is -0.138. The summed E-state index contributed by atoms with van der Waals surface area (Å²) in [4.78, 5) is 18.0. The van der Waals surface area contributed by atoms with Crippen LogP contribution in [0.1, 0.15) is 21.6 Å². The Hall–Kier alpha value is -2.03. The average molecular weight is 363 g/mol. The van der Waals surface area contributed by atoms with Crippen molar-refractivity contribution in [1.29, 1.82) is 0 Å². The van der Waals surface area contributed by atoms with Crippen LogP contribution in [0, 0.1) is 6.92 Å². The quantitative estimate of drug-likeness (QED) is 0.765. The molecule has 21 heavy (non-hydrogen) atoms. The summed E-state index contributed by atoms with van der Waals surface area (Å²) in [5.41, 5.74) is 4.62. The Balaban J connectivity index is 2.33. The predicted octanol–water partition coefficient (Wildman–Crippen LogP) is 3.33. The molecule has 9 heteroatoms. The largest absolute Gasteiger partial charge is 0.416 e. The topological polar surface area (TPSA) is 83.8 Å². The van der Waals surface area contributed by atoms with E-state index in [2.05, 4.69) is 31.2 Å². The number of rotatable bonds is 2. The number of halogens is 4. The van der Waals surface area contributed by atoms with Gasteiger partial charge >= 0.3 is 6.18 Å². The van der Waals surface area contributed by atoms with E-state index < -0.39 is 17.6 Å². The minimum Gasteiger partial charge on any atom is -0.369 e. The molecule has 0 bridgehead atoms. The van der Waals surface area contributed by atoms with Crippen molar-refractivity contribution >= 4 is 33.5 Å². The molecule has 0 radical (unpaired) electrons. The number of alkyl halides is 3. The molecular formula is C12H10BrF3N4O. The zero-order valence-electron chi connectivity index (χ0n) is 10.7. The van der Waals surface area contributed by atoms with E-state index >= 15 is 0 Å². The van der Waals surface area contributed by atoms with Crippen LogP contribution in [0.25, 0.3) is 0 Å². The number of amides is 1. The van der Waals surface area contributed by atoms with E-state index in [1.165, 1.54) is 19.2 Å². The minimum absolute atomic E-state index is 0.0120. The first-order chi connectivity index (χ1) is 9.68. The third kappa shape index (κ3) is 3.35. The highest BCUT2D eigenvalue weighted by atomic mass is 79.9. The van der Waals surface area contributed by atoms with Crippen LogP contribution in [0.4, 0.5) is 24.8 Å². The number of imidazole rings is 1. The monoisotopic (exact) mass is 362 g/mol. The fourth-order valence-electron chi connectivity index (χ4n) is 1.70. The zero-order valence-corrected chi connectivity index (χ0v) is 12.3. The van der Waals surface area contributed by atoms with Crippen LogP contribution < -0.4 is 11.1 Å². The van der Waals surface area contributed by atoms with Crippen molar-refractivity contribution in [3.05, 3.63) is 39.6 Å². The molecule has 0 atom stereocenters. The summed E-state index contributed by atoms with van der Waals surface area (Å²) < 4.78 is 39.0. The molecular weight excluding hydrogens is 353 g/mol. The number of H-pyrrole nitrogens is 1. The number of anilines is 2. The van der Waals surface area contributed by atoms with Crippen molar-refractivity contribution in [2.45, 2.75) is 13.1 Å². The van der Waals surface area contributed by atoms with Crippen LogP contribution in [-0.2, 0) is 6.18 Å². The highest BCUT2D eigenvalue weighted by Gasteiger charge is 2.33. The smallest absolute Gasteiger partial charge is 0.369 e. The van der Waals surface area contributed by atoms with Crippen molar-refractivity contribution < 1.29 is 18.0 Å². The number of aromatic nitrogens is 2. The molecule has 112 valence electrons. The Morgan fingerprint density at radius 2 is 2.10 bits per heavy atom. The standard InChI is InChI=1S/C12H10BrF3N4O/c1-5-7(12(14,15)16)2-6(3-8(5)13)19-10(21)9-4-18-11(17)20-9/h2-4H,1H3,(H,19,21)(H3,17,18,20). The summed E-state index contributed by atoms with van der Waals surface area (Å²) in [5.74, 6) is -0.593. The molecule has 2 aromatic rings. The molecule has 0 saturated carbocycles. The summed E-state index contributed by atoms with van der Waals surface area (Å²) in [6, 6.07) is 2.26. The van der Waals surface area contributed by atoms with Gasteiger partial charge in [0.1, 0.15) is 5.69 Å². The van der Waals surface area contributed by atoms with Crippen LogP contribution >= 0.6 is 15.9 Å². The van der Waals surface area contributed by atoms with Crippen molar-refractivity contribution in [2.24, 2.45) is 0 Å². The van der Waals surface area contributed by atoms with Crippen LogP contribution in [0.15, 0.2) is 22.8 Å². The molecule has 1 heterocycles. The number of benzene rings is 1. The van der Waals surface area contributed by atoms with Gasteiger partial charge in [0, 0.05) is 10.2 Å². The molecule has 0 aliphatic heterocycles. The molecule has 5 nitrogen and oxygen atoms in total. The summed E-state index contributed by atoms with van der Waals surface area (Å²) in [6.45, 7) is 1.34. The number of nitrogens with two attached hydrogens (primary N) is 1. The Kier molecular flexibility index (Phi) is 3.95. The fourth-order valence-corrected chi connectivity index (χ4v) is 2.16. The number of hydrogen-bond donors (Lipinski definition) is 3. The maximum atomic E-state index is 12.9. The first-order valence-electron chi connectivity index (χ1n) is 5.67. The Bertz CT molecular complexity index is 696. The molecule has 0 fully saturated rings. The van der Waals surface area contributed by atoms with E-state index in [0.717, 1.165) is 6.07 Å². The maximum absolute atomic E-state index is 12.9. The highest BCUT2D eigenvalue weighted by molar-refractivity contribution is 9.10. The molecule has 0 spiro atoms. The lowest BCUT2D eigenvalue weighted by Crippen LogP contribution is -2.14. The molecule has 1 aromatic heterocycles. The molecule has 4 N–H and O–H groups in total. The van der Waals surface area contributed by atoms with Gasteiger partial charge in [0.25, 0.3) is 5.91 Å². The van der Waals surface area contributed by atoms with E-state index in [-0.39, 0.29) is 27.4 Å². The van der Waals surface area contributed by atoms with Crippen molar-refractivity contribution in [2.75, 3.05) is 11.1 Å². The van der Waals surface area contributed by atoms with Crippen LogP contribution in [0.3, 0.4) is 0 Å². The summed E-state index contributed by atoms with van der Waals surface area (Å²) in [6.07, 6.45) is -3.32. The molecule has 0 aliphatic rings. The second-order valence-electron chi connectivity index (χ2n) is 4.26. The third-order valence-electron chi connectivity index (χ3n) is 2.75. The number of nitrogens with zero attached hydrogens (tertiary/aromatic N) is 1. The maximum Gasteiger partial charge on any atom is 0.416 e. The summed E-state index contributed by atoms with van der Waals surface area (Å²) in [7, 11) is 0. The Morgan fingerprint density at radius 3 is 2.62 bits per heavy atom. The van der Waals surface area contributed by atoms with Gasteiger partial charge in [-0.3, -0.25) is 4.79 Å². The van der Waals surface area contributed by atoms with Gasteiger partial charge in [0.15, 0.2) is 5.95 Å². The van der Waals surface area contributed by atoms with Gasteiger partial charge in [0.05, 0.1) is 11.8 Å². The number of nitrogens with one attached hydrogen (secondary N) is 2. The molecule has 1 aromatic carbocycles. The molecule has 0 aliphatic carbocycles. The van der Waals surface area contributed by atoms with Gasteiger partial charge in [-0.2, -0.15) is 13.2 Å². The van der Waals surface area contributed by atoms with Crippen LogP contribution in [0.2, 0.25) is 0 Å².